The molecule has 69 heavy (non-hydrogen) atoms. The van der Waals surface area contributed by atoms with Crippen molar-refractivity contribution < 1.29 is 0 Å². The molecule has 4 nitrogen and oxygen atoms in total. The minimum Gasteiger partial charge on any atom is -0.314 e. The molecule has 0 saturated carbocycles. The molecule has 2 atom stereocenters. The number of aryl methyl sites for hydroxylation is 5. The minimum atomic E-state index is 0.171. The third-order valence-corrected chi connectivity index (χ3v) is 14.1. The maximum Gasteiger partial charge on any atom is 0.0494 e. The Morgan fingerprint density at radius 1 is 0.449 bits per heavy atom. The van der Waals surface area contributed by atoms with Gasteiger partial charge in [-0.05, 0) is 203 Å². The van der Waals surface area contributed by atoms with Gasteiger partial charge in [0.2, 0.25) is 0 Å². The molecule has 7 aromatic carbocycles. The van der Waals surface area contributed by atoms with E-state index in [-0.39, 0.29) is 5.92 Å². The molecule has 0 heterocycles. The van der Waals surface area contributed by atoms with Crippen LogP contribution in [0.15, 0.2) is 217 Å². The Morgan fingerprint density at radius 3 is 1.43 bits per heavy atom. The maximum atomic E-state index is 4.10. The fourth-order valence-corrected chi connectivity index (χ4v) is 10.2. The van der Waals surface area contributed by atoms with E-state index in [0.29, 0.717) is 5.92 Å². The second kappa shape index (κ2) is 20.0. The molecule has 2 unspecified atom stereocenters. The summed E-state index contributed by atoms with van der Waals surface area (Å²) in [4.78, 5) is 9.90. The number of hydrogen-bond acceptors (Lipinski definition) is 4. The number of hydrogen-bond donors (Lipinski definition) is 0. The van der Waals surface area contributed by atoms with Gasteiger partial charge in [-0.15, -0.1) is 0 Å². The summed E-state index contributed by atoms with van der Waals surface area (Å²) in [5.41, 5.74) is 24.0. The van der Waals surface area contributed by atoms with Crippen molar-refractivity contribution in [2.45, 2.75) is 75.2 Å². The van der Waals surface area contributed by atoms with Gasteiger partial charge in [-0.2, -0.15) is 0 Å². The van der Waals surface area contributed by atoms with Gasteiger partial charge in [0.1, 0.15) is 0 Å². The average molecular weight is 903 g/mol. The highest BCUT2D eigenvalue weighted by Crippen LogP contribution is 2.48. The Balaban J connectivity index is 1.25. The van der Waals surface area contributed by atoms with E-state index >= 15 is 0 Å². The molecule has 0 aromatic heterocycles. The van der Waals surface area contributed by atoms with Gasteiger partial charge in [0.05, 0.1) is 0 Å². The molecule has 0 spiro atoms. The first kappa shape index (κ1) is 46.5. The number of benzene rings is 7. The van der Waals surface area contributed by atoms with Crippen LogP contribution in [-0.2, 0) is 0 Å². The van der Waals surface area contributed by atoms with Crippen LogP contribution in [0.5, 0.6) is 0 Å². The van der Waals surface area contributed by atoms with Crippen molar-refractivity contribution in [1.82, 2.24) is 0 Å². The van der Waals surface area contributed by atoms with Crippen LogP contribution in [0.1, 0.15) is 73.9 Å². The smallest absolute Gasteiger partial charge is 0.0494 e. The Kier molecular flexibility index (Phi) is 13.5. The molecule has 0 saturated heterocycles. The second-order valence-electron chi connectivity index (χ2n) is 19.3. The van der Waals surface area contributed by atoms with Crippen LogP contribution >= 0.6 is 0 Å². The minimum absolute atomic E-state index is 0.171. The number of anilines is 9. The number of para-hydroxylation sites is 3. The van der Waals surface area contributed by atoms with E-state index in [1.165, 1.54) is 84.5 Å². The van der Waals surface area contributed by atoms with E-state index in [1.807, 2.05) is 6.08 Å². The van der Waals surface area contributed by atoms with Gasteiger partial charge >= 0.3 is 0 Å². The Labute approximate surface area is 412 Å². The lowest BCUT2D eigenvalue weighted by molar-refractivity contribution is 0.632. The van der Waals surface area contributed by atoms with Crippen molar-refractivity contribution in [2.75, 3.05) is 19.6 Å². The summed E-state index contributed by atoms with van der Waals surface area (Å²) >= 11 is 0. The zero-order chi connectivity index (χ0) is 48.3. The highest BCUT2D eigenvalue weighted by atomic mass is 15.2. The van der Waals surface area contributed by atoms with E-state index in [4.69, 9.17) is 0 Å². The predicted molar refractivity (Wildman–Crippen MR) is 297 cm³/mol. The van der Waals surface area contributed by atoms with Crippen molar-refractivity contribution >= 4 is 57.3 Å². The highest BCUT2D eigenvalue weighted by Gasteiger charge is 2.32. The van der Waals surface area contributed by atoms with E-state index in [2.05, 4.69) is 271 Å². The van der Waals surface area contributed by atoms with Gasteiger partial charge in [-0.1, -0.05) is 117 Å². The second-order valence-corrected chi connectivity index (χ2v) is 19.3. The lowest BCUT2D eigenvalue weighted by Gasteiger charge is -2.40. The van der Waals surface area contributed by atoms with Crippen molar-refractivity contribution in [3.05, 3.63) is 250 Å². The van der Waals surface area contributed by atoms with E-state index in [1.54, 1.807) is 0 Å². The molecular formula is C65H66N4. The van der Waals surface area contributed by atoms with Gasteiger partial charge < -0.3 is 19.6 Å². The van der Waals surface area contributed by atoms with Crippen molar-refractivity contribution in [2.24, 2.45) is 11.8 Å². The van der Waals surface area contributed by atoms with Crippen LogP contribution in [0.25, 0.3) is 6.08 Å². The SMILES string of the molecule is C=Cc1cccc(N(c2ccccc2)c2cc(C)c(N(C3=CC(C)=C(N(c4ccccc4)c4cccc(C)c4)CC3C)c3cc(C)c(N(C4=CCC(C)C(C)=C4)c4ccccc4)cc3C)cc2C)c1. The molecule has 0 N–H and O–H groups in total. The first-order valence-electron chi connectivity index (χ1n) is 24.6. The van der Waals surface area contributed by atoms with E-state index in [0.717, 1.165) is 41.2 Å². The molecule has 2 aliphatic rings. The Morgan fingerprint density at radius 2 is 0.913 bits per heavy atom. The highest BCUT2D eigenvalue weighted by molar-refractivity contribution is 5.86. The summed E-state index contributed by atoms with van der Waals surface area (Å²) < 4.78 is 0. The van der Waals surface area contributed by atoms with Crippen molar-refractivity contribution in [3.63, 3.8) is 0 Å². The Hall–Kier alpha value is -7.56. The van der Waals surface area contributed by atoms with Crippen LogP contribution in [0.4, 0.5) is 51.2 Å². The van der Waals surface area contributed by atoms with Gasteiger partial charge in [-0.3, -0.25) is 0 Å². The summed E-state index contributed by atoms with van der Waals surface area (Å²) in [6.45, 7) is 24.7. The normalized spacial score (nSPS) is 15.8. The van der Waals surface area contributed by atoms with Gasteiger partial charge in [0, 0.05) is 74.2 Å². The van der Waals surface area contributed by atoms with Gasteiger partial charge in [0.15, 0.2) is 0 Å². The lowest BCUT2D eigenvalue weighted by atomic mass is 9.88. The number of rotatable bonds is 13. The molecule has 2 aliphatic carbocycles. The van der Waals surface area contributed by atoms with Crippen LogP contribution < -0.4 is 19.6 Å². The van der Waals surface area contributed by atoms with Crippen LogP contribution in [0, 0.1) is 46.5 Å². The lowest BCUT2D eigenvalue weighted by Crippen LogP contribution is -2.29. The topological polar surface area (TPSA) is 13.0 Å². The molecule has 0 bridgehead atoms. The molecule has 9 rings (SSSR count). The number of nitrogens with zero attached hydrogens (tertiary/aromatic N) is 4. The zero-order valence-electron chi connectivity index (χ0n) is 42.0. The molecule has 4 heteroatoms. The molecule has 0 aliphatic heterocycles. The molecule has 7 aromatic rings. The number of allylic oxidation sites excluding steroid dienone is 7. The van der Waals surface area contributed by atoms with Crippen LogP contribution in [-0.4, -0.2) is 0 Å². The first-order chi connectivity index (χ1) is 33.4. The standard InChI is InChI=1S/C65H66N4/c1-11-53-24-22-32-58(43-53)67(55-27-17-13-18-28-55)61-38-51(9)64(41-48(61)6)69(63-40-47(5)60(37-50(63)8)66(54-25-15-12-16-26-54)57-31-21-23-44(2)35-57)65-42-49(7)62(39-52(65)10)68(56-29-19-14-20-30-56)59-34-33-45(3)46(4)36-59/h11-32,34-36,38-43,45,50H,1,33,37H2,2-10H3. The molecular weight excluding hydrogens is 837 g/mol. The summed E-state index contributed by atoms with van der Waals surface area (Å²) in [6, 6.07) is 59.6. The fourth-order valence-electron chi connectivity index (χ4n) is 10.2. The fraction of sp³-hybridized carbons (Fsp3) is 0.200. The summed E-state index contributed by atoms with van der Waals surface area (Å²) in [6.07, 6.45) is 11.1. The Bertz CT molecular complexity index is 3140. The van der Waals surface area contributed by atoms with E-state index < -0.39 is 0 Å². The molecule has 0 fully saturated rings. The molecule has 346 valence electrons. The van der Waals surface area contributed by atoms with Crippen molar-refractivity contribution in [1.29, 1.82) is 0 Å². The predicted octanol–water partition coefficient (Wildman–Crippen LogP) is 18.5. The first-order valence-corrected chi connectivity index (χ1v) is 24.6. The quantitative estimate of drug-likeness (QED) is 0.114. The third kappa shape index (κ3) is 9.50. The molecule has 0 amide bonds. The van der Waals surface area contributed by atoms with Crippen LogP contribution in [0.3, 0.4) is 0 Å². The monoisotopic (exact) mass is 903 g/mol. The third-order valence-electron chi connectivity index (χ3n) is 14.1. The van der Waals surface area contributed by atoms with E-state index in [9.17, 15) is 0 Å². The van der Waals surface area contributed by atoms with Gasteiger partial charge in [0.25, 0.3) is 0 Å². The zero-order valence-corrected chi connectivity index (χ0v) is 42.0. The molecule has 0 radical (unpaired) electrons. The summed E-state index contributed by atoms with van der Waals surface area (Å²) in [7, 11) is 0. The summed E-state index contributed by atoms with van der Waals surface area (Å²) in [5, 5.41) is 0. The van der Waals surface area contributed by atoms with Crippen LogP contribution in [0.2, 0.25) is 0 Å². The van der Waals surface area contributed by atoms with Crippen molar-refractivity contribution in [3.8, 4) is 0 Å². The summed E-state index contributed by atoms with van der Waals surface area (Å²) in [5.74, 6) is 0.699. The largest absolute Gasteiger partial charge is 0.314 e. The average Bonchev–Trinajstić information content (AvgIpc) is 3.35. The van der Waals surface area contributed by atoms with Gasteiger partial charge in [-0.25, -0.2) is 0 Å². The maximum absolute atomic E-state index is 4.10.